The second-order valence-corrected chi connectivity index (χ2v) is 5.72. The smallest absolute Gasteiger partial charge is 0.233 e. The Hall–Kier alpha value is -2.22. The van der Waals surface area contributed by atoms with Crippen molar-refractivity contribution in [2.45, 2.75) is 17.3 Å². The highest BCUT2D eigenvalue weighted by atomic mass is 32.2. The predicted molar refractivity (Wildman–Crippen MR) is 84.3 cm³/mol. The van der Waals surface area contributed by atoms with E-state index in [-0.39, 0.29) is 11.2 Å². The molecule has 118 valence electrons. The summed E-state index contributed by atoms with van der Waals surface area (Å²) in [6.45, 7) is 1.80. The lowest BCUT2D eigenvalue weighted by Crippen LogP contribution is -2.27. The van der Waals surface area contributed by atoms with Gasteiger partial charge in [-0.3, -0.25) is 9.89 Å². The van der Waals surface area contributed by atoms with Gasteiger partial charge in [0.15, 0.2) is 5.82 Å². The molecule has 8 heteroatoms. The van der Waals surface area contributed by atoms with Crippen LogP contribution in [-0.2, 0) is 4.79 Å². The van der Waals surface area contributed by atoms with Crippen molar-refractivity contribution in [1.82, 2.24) is 20.5 Å². The summed E-state index contributed by atoms with van der Waals surface area (Å²) in [7, 11) is 4.78. The van der Waals surface area contributed by atoms with Gasteiger partial charge in [-0.05, 0) is 19.1 Å². The molecule has 1 heterocycles. The Morgan fingerprint density at radius 2 is 2.14 bits per heavy atom. The zero-order valence-electron chi connectivity index (χ0n) is 12.8. The molecule has 0 aliphatic rings. The van der Waals surface area contributed by atoms with Crippen molar-refractivity contribution in [2.75, 3.05) is 21.3 Å². The van der Waals surface area contributed by atoms with Crippen molar-refractivity contribution in [1.29, 1.82) is 0 Å². The number of H-pyrrole nitrogens is 1. The third kappa shape index (κ3) is 3.51. The minimum Gasteiger partial charge on any atom is -0.497 e. The van der Waals surface area contributed by atoms with Crippen LogP contribution in [0.5, 0.6) is 11.5 Å². The van der Waals surface area contributed by atoms with Crippen molar-refractivity contribution in [3.63, 3.8) is 0 Å². The van der Waals surface area contributed by atoms with Crippen LogP contribution in [0.25, 0.3) is 11.4 Å². The van der Waals surface area contributed by atoms with E-state index in [1.807, 2.05) is 12.1 Å². The Morgan fingerprint density at radius 1 is 1.36 bits per heavy atom. The molecule has 0 aliphatic carbocycles. The molecule has 0 fully saturated rings. The number of benzene rings is 1. The zero-order valence-corrected chi connectivity index (χ0v) is 13.7. The fourth-order valence-corrected chi connectivity index (χ4v) is 2.61. The summed E-state index contributed by atoms with van der Waals surface area (Å²) in [4.78, 5) is 15.9. The number of methoxy groups -OCH3 is 2. The monoisotopic (exact) mass is 322 g/mol. The van der Waals surface area contributed by atoms with E-state index in [2.05, 4.69) is 20.5 Å². The van der Waals surface area contributed by atoms with Crippen LogP contribution >= 0.6 is 11.8 Å². The van der Waals surface area contributed by atoms with E-state index in [1.54, 1.807) is 34.3 Å². The molecule has 0 spiro atoms. The first-order valence-corrected chi connectivity index (χ1v) is 7.50. The predicted octanol–water partition coefficient (Wildman–Crippen LogP) is 1.72. The molecule has 2 aromatic rings. The molecule has 1 amide bonds. The molecule has 0 radical (unpaired) electrons. The van der Waals surface area contributed by atoms with E-state index in [0.29, 0.717) is 22.5 Å². The quantitative estimate of drug-likeness (QED) is 0.787. The minimum absolute atomic E-state index is 0.0709. The number of hydrogen-bond donors (Lipinski definition) is 2. The molecule has 1 aromatic heterocycles. The molecular formula is C14H18N4O3S. The van der Waals surface area contributed by atoms with Gasteiger partial charge in [-0.15, -0.1) is 5.10 Å². The second kappa shape index (κ2) is 7.17. The van der Waals surface area contributed by atoms with E-state index in [0.717, 1.165) is 5.56 Å². The molecule has 0 bridgehead atoms. The van der Waals surface area contributed by atoms with Crippen molar-refractivity contribution >= 4 is 17.7 Å². The average Bonchev–Trinajstić information content (AvgIpc) is 3.01. The number of aromatic nitrogens is 3. The lowest BCUT2D eigenvalue weighted by Gasteiger charge is -2.08. The van der Waals surface area contributed by atoms with Crippen LogP contribution in [0.2, 0.25) is 0 Å². The summed E-state index contributed by atoms with van der Waals surface area (Å²) in [5.41, 5.74) is 0.773. The summed E-state index contributed by atoms with van der Waals surface area (Å²) >= 11 is 1.28. The van der Waals surface area contributed by atoms with Gasteiger partial charge in [0.25, 0.3) is 0 Å². The SMILES string of the molecule is CNC(=O)[C@@H](C)Sc1n[nH]c(-c2ccc(OC)cc2OC)n1. The lowest BCUT2D eigenvalue weighted by atomic mass is 10.2. The number of nitrogens with zero attached hydrogens (tertiary/aromatic N) is 2. The summed E-state index contributed by atoms with van der Waals surface area (Å²) in [6, 6.07) is 5.44. The third-order valence-electron chi connectivity index (χ3n) is 3.03. The molecule has 1 aromatic carbocycles. The molecule has 2 N–H and O–H groups in total. The highest BCUT2D eigenvalue weighted by molar-refractivity contribution is 8.00. The zero-order chi connectivity index (χ0) is 16.1. The first-order chi connectivity index (χ1) is 10.6. The van der Waals surface area contributed by atoms with Gasteiger partial charge < -0.3 is 14.8 Å². The second-order valence-electron chi connectivity index (χ2n) is 4.41. The minimum atomic E-state index is -0.272. The van der Waals surface area contributed by atoms with Crippen LogP contribution in [0, 0.1) is 0 Å². The van der Waals surface area contributed by atoms with Crippen molar-refractivity contribution in [3.05, 3.63) is 18.2 Å². The molecule has 1 atom stereocenters. The Bertz CT molecular complexity index is 659. The number of hydrogen-bond acceptors (Lipinski definition) is 6. The Labute approximate surface area is 132 Å². The van der Waals surface area contributed by atoms with E-state index in [4.69, 9.17) is 9.47 Å². The van der Waals surface area contributed by atoms with E-state index in [9.17, 15) is 4.79 Å². The average molecular weight is 322 g/mol. The van der Waals surface area contributed by atoms with Gasteiger partial charge in [-0.1, -0.05) is 11.8 Å². The number of thioether (sulfide) groups is 1. The normalized spacial score (nSPS) is 11.8. The Balaban J connectivity index is 2.23. The van der Waals surface area contributed by atoms with Crippen molar-refractivity contribution < 1.29 is 14.3 Å². The number of amides is 1. The summed E-state index contributed by atoms with van der Waals surface area (Å²) in [6.07, 6.45) is 0. The fraction of sp³-hybridized carbons (Fsp3) is 0.357. The van der Waals surface area contributed by atoms with Gasteiger partial charge in [-0.2, -0.15) is 0 Å². The third-order valence-corrected chi connectivity index (χ3v) is 3.99. The number of carbonyl (C=O) groups excluding carboxylic acids is 1. The number of nitrogens with one attached hydrogen (secondary N) is 2. The van der Waals surface area contributed by atoms with Crippen LogP contribution in [0.3, 0.4) is 0 Å². The largest absolute Gasteiger partial charge is 0.497 e. The van der Waals surface area contributed by atoms with Gasteiger partial charge in [0, 0.05) is 13.1 Å². The Kier molecular flexibility index (Phi) is 5.26. The first kappa shape index (κ1) is 16.2. The molecule has 0 aliphatic heterocycles. The number of carbonyl (C=O) groups is 1. The summed E-state index contributed by atoms with van der Waals surface area (Å²) in [5, 5.41) is 9.82. The van der Waals surface area contributed by atoms with Gasteiger partial charge in [0.1, 0.15) is 11.5 Å². The molecule has 0 saturated heterocycles. The Morgan fingerprint density at radius 3 is 2.77 bits per heavy atom. The van der Waals surface area contributed by atoms with E-state index in [1.165, 1.54) is 11.8 Å². The molecule has 22 heavy (non-hydrogen) atoms. The van der Waals surface area contributed by atoms with Gasteiger partial charge >= 0.3 is 0 Å². The summed E-state index contributed by atoms with van der Waals surface area (Å²) in [5.74, 6) is 1.83. The van der Waals surface area contributed by atoms with Crippen molar-refractivity contribution in [2.24, 2.45) is 0 Å². The van der Waals surface area contributed by atoms with Crippen LogP contribution in [0.15, 0.2) is 23.4 Å². The standard InChI is InChI=1S/C14H18N4O3S/c1-8(13(19)15-2)22-14-16-12(17-18-14)10-6-5-9(20-3)7-11(10)21-4/h5-8H,1-4H3,(H,15,19)(H,16,17,18)/t8-/m1/s1. The molecule has 0 saturated carbocycles. The topological polar surface area (TPSA) is 89.1 Å². The maximum Gasteiger partial charge on any atom is 0.233 e. The van der Waals surface area contributed by atoms with Crippen LogP contribution in [0.1, 0.15) is 6.92 Å². The number of rotatable bonds is 6. The van der Waals surface area contributed by atoms with E-state index < -0.39 is 0 Å². The lowest BCUT2D eigenvalue weighted by molar-refractivity contribution is -0.119. The van der Waals surface area contributed by atoms with E-state index >= 15 is 0 Å². The van der Waals surface area contributed by atoms with Gasteiger partial charge in [-0.25, -0.2) is 4.98 Å². The van der Waals surface area contributed by atoms with Gasteiger partial charge in [0.05, 0.1) is 25.0 Å². The maximum atomic E-state index is 11.5. The fourth-order valence-electron chi connectivity index (χ4n) is 1.83. The molecule has 2 rings (SSSR count). The van der Waals surface area contributed by atoms with Crippen molar-refractivity contribution in [3.8, 4) is 22.9 Å². The highest BCUT2D eigenvalue weighted by Crippen LogP contribution is 2.32. The van der Waals surface area contributed by atoms with Crippen LogP contribution in [0.4, 0.5) is 0 Å². The number of aromatic amines is 1. The summed E-state index contributed by atoms with van der Waals surface area (Å²) < 4.78 is 10.5. The molecular weight excluding hydrogens is 304 g/mol. The van der Waals surface area contributed by atoms with Gasteiger partial charge in [0.2, 0.25) is 11.1 Å². The number of ether oxygens (including phenoxy) is 2. The molecule has 7 nitrogen and oxygen atoms in total. The highest BCUT2D eigenvalue weighted by Gasteiger charge is 2.17. The van der Waals surface area contributed by atoms with Crippen LogP contribution < -0.4 is 14.8 Å². The molecule has 0 unspecified atom stereocenters. The van der Waals surface area contributed by atoms with Crippen LogP contribution in [-0.4, -0.2) is 47.6 Å². The first-order valence-electron chi connectivity index (χ1n) is 6.62. The maximum absolute atomic E-state index is 11.5.